The van der Waals surface area contributed by atoms with Crippen LogP contribution >= 0.6 is 0 Å². The third-order valence-electron chi connectivity index (χ3n) is 1.30. The summed E-state index contributed by atoms with van der Waals surface area (Å²) in [6, 6.07) is 0. The summed E-state index contributed by atoms with van der Waals surface area (Å²) in [4.78, 5) is 10.6. The van der Waals surface area contributed by atoms with Crippen LogP contribution in [0.15, 0.2) is 12.2 Å². The second kappa shape index (κ2) is 11.2. The molecule has 4 heteroatoms. The molecule has 0 amide bonds. The molecule has 0 heterocycles. The summed E-state index contributed by atoms with van der Waals surface area (Å²) in [5, 5.41) is 11.8. The van der Waals surface area contributed by atoms with Gasteiger partial charge in [-0.05, 0) is 26.9 Å². The molecule has 0 saturated carbocycles. The van der Waals surface area contributed by atoms with Crippen molar-refractivity contribution >= 4 is 5.97 Å². The first-order chi connectivity index (χ1) is 6.95. The maximum Gasteiger partial charge on any atom is 0.333 e. The largest absolute Gasteiger partial charge is 0.460 e. The van der Waals surface area contributed by atoms with E-state index >= 15 is 0 Å². The Balaban J connectivity index is 0. The maximum atomic E-state index is 10.6. The second-order valence-corrected chi connectivity index (χ2v) is 3.18. The molecule has 1 unspecified atom stereocenters. The first-order valence-electron chi connectivity index (χ1n) is 5.17. The van der Waals surface area contributed by atoms with Crippen LogP contribution in [0.3, 0.4) is 0 Å². The van der Waals surface area contributed by atoms with Gasteiger partial charge >= 0.3 is 5.97 Å². The summed E-state index contributed by atoms with van der Waals surface area (Å²) in [5.74, 6) is -0.457. The van der Waals surface area contributed by atoms with Gasteiger partial charge in [-0.25, -0.2) is 4.79 Å². The molecule has 0 fully saturated rings. The molecule has 15 heavy (non-hydrogen) atoms. The van der Waals surface area contributed by atoms with Gasteiger partial charge in [0.15, 0.2) is 0 Å². The van der Waals surface area contributed by atoms with Gasteiger partial charge in [0.25, 0.3) is 0 Å². The SMILES string of the molecule is C=C(C)C(=O)OCC(C)O.CCNCC. The topological polar surface area (TPSA) is 58.6 Å². The van der Waals surface area contributed by atoms with E-state index in [9.17, 15) is 4.79 Å². The van der Waals surface area contributed by atoms with E-state index in [-0.39, 0.29) is 6.61 Å². The lowest BCUT2D eigenvalue weighted by molar-refractivity contribution is -0.141. The zero-order chi connectivity index (χ0) is 12.3. The zero-order valence-electron chi connectivity index (χ0n) is 10.2. The van der Waals surface area contributed by atoms with Crippen molar-refractivity contribution < 1.29 is 14.6 Å². The summed E-state index contributed by atoms with van der Waals surface area (Å²) in [5.41, 5.74) is 0.348. The molecule has 0 rings (SSSR count). The van der Waals surface area contributed by atoms with Crippen LogP contribution in [-0.4, -0.2) is 36.9 Å². The molecular formula is C11H23NO3. The van der Waals surface area contributed by atoms with E-state index < -0.39 is 12.1 Å². The summed E-state index contributed by atoms with van der Waals surface area (Å²) in [6.45, 7) is 12.9. The van der Waals surface area contributed by atoms with Gasteiger partial charge in [0.2, 0.25) is 0 Å². The van der Waals surface area contributed by atoms with Crippen molar-refractivity contribution in [1.82, 2.24) is 5.32 Å². The lowest BCUT2D eigenvalue weighted by atomic mass is 10.3. The quantitative estimate of drug-likeness (QED) is 0.535. The van der Waals surface area contributed by atoms with Crippen molar-refractivity contribution in [2.24, 2.45) is 0 Å². The fraction of sp³-hybridized carbons (Fsp3) is 0.727. The van der Waals surface area contributed by atoms with Gasteiger partial charge in [-0.1, -0.05) is 20.4 Å². The summed E-state index contributed by atoms with van der Waals surface area (Å²) in [7, 11) is 0. The molecule has 0 radical (unpaired) electrons. The minimum absolute atomic E-state index is 0.0334. The molecule has 0 saturated heterocycles. The standard InChI is InChI=1S/C7H12O3.C4H11N/c1-5(2)7(9)10-4-6(3)8;1-3-5-4-2/h6,8H,1,4H2,2-3H3;5H,3-4H2,1-2H3. The predicted molar refractivity (Wildman–Crippen MR) is 61.7 cm³/mol. The Kier molecular flexibility index (Phi) is 12.4. The van der Waals surface area contributed by atoms with E-state index in [4.69, 9.17) is 5.11 Å². The fourth-order valence-electron chi connectivity index (χ4n) is 0.569. The molecule has 0 bridgehead atoms. The van der Waals surface area contributed by atoms with Crippen LogP contribution in [-0.2, 0) is 9.53 Å². The highest BCUT2D eigenvalue weighted by Crippen LogP contribution is 1.92. The van der Waals surface area contributed by atoms with Crippen LogP contribution in [0.1, 0.15) is 27.7 Å². The fourth-order valence-corrected chi connectivity index (χ4v) is 0.569. The van der Waals surface area contributed by atoms with Crippen molar-refractivity contribution in [3.63, 3.8) is 0 Å². The average molecular weight is 217 g/mol. The smallest absolute Gasteiger partial charge is 0.333 e. The highest BCUT2D eigenvalue weighted by atomic mass is 16.5. The van der Waals surface area contributed by atoms with Crippen LogP contribution in [0.25, 0.3) is 0 Å². The Morgan fingerprint density at radius 2 is 1.93 bits per heavy atom. The zero-order valence-corrected chi connectivity index (χ0v) is 10.2. The number of ether oxygens (including phenoxy) is 1. The molecule has 2 N–H and O–H groups in total. The highest BCUT2D eigenvalue weighted by Gasteiger charge is 2.03. The van der Waals surface area contributed by atoms with Crippen molar-refractivity contribution in [3.05, 3.63) is 12.2 Å². The van der Waals surface area contributed by atoms with Crippen molar-refractivity contribution in [1.29, 1.82) is 0 Å². The molecule has 0 aromatic rings. The van der Waals surface area contributed by atoms with Gasteiger partial charge in [0.05, 0.1) is 6.10 Å². The third kappa shape index (κ3) is 15.9. The van der Waals surface area contributed by atoms with E-state index in [2.05, 4.69) is 30.5 Å². The summed E-state index contributed by atoms with van der Waals surface area (Å²) >= 11 is 0. The van der Waals surface area contributed by atoms with E-state index in [1.165, 1.54) is 0 Å². The van der Waals surface area contributed by atoms with Crippen LogP contribution in [0.4, 0.5) is 0 Å². The molecule has 4 nitrogen and oxygen atoms in total. The Morgan fingerprint density at radius 3 is 2.13 bits per heavy atom. The number of aliphatic hydroxyl groups excluding tert-OH is 1. The number of rotatable bonds is 5. The number of carbonyl (C=O) groups excluding carboxylic acids is 1. The monoisotopic (exact) mass is 217 g/mol. The molecule has 0 aromatic carbocycles. The Morgan fingerprint density at radius 1 is 1.47 bits per heavy atom. The number of nitrogens with one attached hydrogen (secondary N) is 1. The molecule has 90 valence electrons. The molecule has 0 aliphatic carbocycles. The lowest BCUT2D eigenvalue weighted by Gasteiger charge is -2.04. The van der Waals surface area contributed by atoms with E-state index in [1.54, 1.807) is 13.8 Å². The Hall–Kier alpha value is -0.870. The van der Waals surface area contributed by atoms with Crippen molar-refractivity contribution in [2.45, 2.75) is 33.8 Å². The van der Waals surface area contributed by atoms with Crippen molar-refractivity contribution in [3.8, 4) is 0 Å². The Bertz CT molecular complexity index is 177. The van der Waals surface area contributed by atoms with Gasteiger partial charge in [-0.15, -0.1) is 0 Å². The van der Waals surface area contributed by atoms with E-state index in [1.807, 2.05) is 0 Å². The second-order valence-electron chi connectivity index (χ2n) is 3.18. The van der Waals surface area contributed by atoms with Crippen LogP contribution in [0, 0.1) is 0 Å². The van der Waals surface area contributed by atoms with E-state index in [0.29, 0.717) is 5.57 Å². The highest BCUT2D eigenvalue weighted by molar-refractivity contribution is 5.86. The van der Waals surface area contributed by atoms with Crippen LogP contribution in [0.2, 0.25) is 0 Å². The average Bonchev–Trinajstić information content (AvgIpc) is 2.16. The Labute approximate surface area is 92.3 Å². The number of hydrogen-bond donors (Lipinski definition) is 2. The number of hydrogen-bond acceptors (Lipinski definition) is 4. The summed E-state index contributed by atoms with van der Waals surface area (Å²) < 4.78 is 4.58. The number of carbonyl (C=O) groups is 1. The van der Waals surface area contributed by atoms with Crippen molar-refractivity contribution in [2.75, 3.05) is 19.7 Å². The maximum absolute atomic E-state index is 10.6. The normalized spacial score (nSPS) is 11.0. The predicted octanol–water partition coefficient (Wildman–Crippen LogP) is 1.10. The molecule has 0 aromatic heterocycles. The minimum Gasteiger partial charge on any atom is -0.460 e. The third-order valence-corrected chi connectivity index (χ3v) is 1.30. The van der Waals surface area contributed by atoms with Gasteiger partial charge in [0, 0.05) is 5.57 Å². The van der Waals surface area contributed by atoms with Gasteiger partial charge in [-0.3, -0.25) is 0 Å². The molecule has 0 aliphatic heterocycles. The molecule has 0 aliphatic rings. The number of esters is 1. The number of aliphatic hydroxyl groups is 1. The van der Waals surface area contributed by atoms with E-state index in [0.717, 1.165) is 13.1 Å². The van der Waals surface area contributed by atoms with Gasteiger partial charge in [-0.2, -0.15) is 0 Å². The molecular weight excluding hydrogens is 194 g/mol. The first kappa shape index (κ1) is 16.6. The molecule has 1 atom stereocenters. The van der Waals surface area contributed by atoms with Gasteiger partial charge in [0.1, 0.15) is 6.61 Å². The summed E-state index contributed by atoms with van der Waals surface area (Å²) in [6.07, 6.45) is -0.608. The minimum atomic E-state index is -0.608. The van der Waals surface area contributed by atoms with Crippen LogP contribution in [0.5, 0.6) is 0 Å². The molecule has 0 spiro atoms. The lowest BCUT2D eigenvalue weighted by Crippen LogP contribution is -2.15. The van der Waals surface area contributed by atoms with Crippen LogP contribution < -0.4 is 5.32 Å². The van der Waals surface area contributed by atoms with Gasteiger partial charge < -0.3 is 15.2 Å². The first-order valence-corrected chi connectivity index (χ1v) is 5.17.